The topological polar surface area (TPSA) is 112 Å². The second-order valence-electron chi connectivity index (χ2n) is 7.30. The van der Waals surface area contributed by atoms with Gasteiger partial charge in [-0.15, -0.1) is 0 Å². The smallest absolute Gasteiger partial charge is 0.259 e. The molecule has 1 atom stereocenters. The second-order valence-corrected chi connectivity index (χ2v) is 9.24. The number of aromatic nitrogens is 3. The molecule has 0 unspecified atom stereocenters. The van der Waals surface area contributed by atoms with Gasteiger partial charge in [0.05, 0.1) is 22.9 Å². The predicted molar refractivity (Wildman–Crippen MR) is 108 cm³/mol. The van der Waals surface area contributed by atoms with E-state index in [1.165, 1.54) is 27.4 Å². The van der Waals surface area contributed by atoms with E-state index in [0.717, 1.165) is 5.56 Å². The van der Waals surface area contributed by atoms with E-state index in [-0.39, 0.29) is 36.5 Å². The van der Waals surface area contributed by atoms with Crippen LogP contribution in [0, 0.1) is 18.3 Å². The van der Waals surface area contributed by atoms with Gasteiger partial charge in [0, 0.05) is 31.9 Å². The molecule has 30 heavy (non-hydrogen) atoms. The van der Waals surface area contributed by atoms with Crippen molar-refractivity contribution in [1.82, 2.24) is 23.8 Å². The van der Waals surface area contributed by atoms with Crippen LogP contribution in [0.15, 0.2) is 47.8 Å². The van der Waals surface area contributed by atoms with Gasteiger partial charge in [-0.2, -0.15) is 14.7 Å². The zero-order valence-electron chi connectivity index (χ0n) is 16.6. The first kappa shape index (κ1) is 20.0. The van der Waals surface area contributed by atoms with Crippen LogP contribution in [0.5, 0.6) is 0 Å². The van der Waals surface area contributed by atoms with Crippen molar-refractivity contribution in [3.8, 4) is 6.07 Å². The van der Waals surface area contributed by atoms with Gasteiger partial charge in [0.25, 0.3) is 5.91 Å². The van der Waals surface area contributed by atoms with Gasteiger partial charge >= 0.3 is 0 Å². The first-order valence-corrected chi connectivity index (χ1v) is 10.9. The van der Waals surface area contributed by atoms with E-state index in [2.05, 4.69) is 10.1 Å². The summed E-state index contributed by atoms with van der Waals surface area (Å²) in [6.45, 7) is 4.39. The molecule has 1 aliphatic rings. The van der Waals surface area contributed by atoms with Gasteiger partial charge in [0.1, 0.15) is 11.6 Å². The Balaban J connectivity index is 1.54. The molecule has 4 rings (SSSR count). The Hall–Kier alpha value is -3.29. The Morgan fingerprint density at radius 2 is 1.93 bits per heavy atom. The molecule has 3 aromatic rings. The number of piperazine rings is 1. The number of hydrogen-bond donors (Lipinski definition) is 0. The average Bonchev–Trinajstić information content (AvgIpc) is 3.16. The molecule has 9 nitrogen and oxygen atoms in total. The van der Waals surface area contributed by atoms with Crippen molar-refractivity contribution in [3.63, 3.8) is 0 Å². The Morgan fingerprint density at radius 1 is 1.20 bits per heavy atom. The summed E-state index contributed by atoms with van der Waals surface area (Å²) in [5.41, 5.74) is 2.01. The summed E-state index contributed by atoms with van der Waals surface area (Å²) in [5, 5.41) is 13.1. The first-order valence-electron chi connectivity index (χ1n) is 9.42. The first-order chi connectivity index (χ1) is 14.3. The maximum Gasteiger partial charge on any atom is 0.259 e. The predicted octanol–water partition coefficient (Wildman–Crippen LogP) is 1.44. The lowest BCUT2D eigenvalue weighted by molar-refractivity contribution is 0.0593. The molecule has 10 heteroatoms. The summed E-state index contributed by atoms with van der Waals surface area (Å²) in [6.07, 6.45) is 4.33. The van der Waals surface area contributed by atoms with Crippen LogP contribution in [0.1, 0.15) is 28.4 Å². The van der Waals surface area contributed by atoms with Crippen LogP contribution in [-0.4, -0.2) is 63.8 Å². The summed E-state index contributed by atoms with van der Waals surface area (Å²) < 4.78 is 28.7. The fourth-order valence-corrected chi connectivity index (χ4v) is 5.05. The minimum atomic E-state index is -3.62. The van der Waals surface area contributed by atoms with Crippen LogP contribution < -0.4 is 0 Å². The number of carbonyl (C=O) groups is 1. The van der Waals surface area contributed by atoms with Crippen molar-refractivity contribution in [3.05, 3.63) is 59.5 Å². The van der Waals surface area contributed by atoms with E-state index in [9.17, 15) is 13.2 Å². The standard InChI is InChI=1S/C20H20N6O3S/c1-14-3-5-17(6-4-14)30(28,29)24-7-8-25(15(2)12-24)20(27)18-11-23-26-13-16(9-21)10-22-19(18)26/h3-6,10-11,13,15H,7-8,12H2,1-2H3/t15-/m0/s1. The SMILES string of the molecule is Cc1ccc(S(=O)(=O)N2CCN(C(=O)c3cnn4cc(C#N)cnc34)[C@@H](C)C2)cc1. The molecule has 1 aliphatic heterocycles. The number of aryl methyl sites for hydroxylation is 1. The number of hydrogen-bond acceptors (Lipinski definition) is 6. The molecule has 0 spiro atoms. The number of fused-ring (bicyclic) bond motifs is 1. The normalized spacial score (nSPS) is 17.8. The Bertz CT molecular complexity index is 1260. The summed E-state index contributed by atoms with van der Waals surface area (Å²) in [5.74, 6) is -0.262. The highest BCUT2D eigenvalue weighted by Crippen LogP contribution is 2.22. The van der Waals surface area contributed by atoms with Gasteiger partial charge in [0.15, 0.2) is 5.65 Å². The van der Waals surface area contributed by atoms with E-state index >= 15 is 0 Å². The van der Waals surface area contributed by atoms with Crippen LogP contribution in [0.3, 0.4) is 0 Å². The van der Waals surface area contributed by atoms with Crippen molar-refractivity contribution in [2.24, 2.45) is 0 Å². The summed E-state index contributed by atoms with van der Waals surface area (Å²) in [7, 11) is -3.62. The van der Waals surface area contributed by atoms with Crippen molar-refractivity contribution in [2.75, 3.05) is 19.6 Å². The molecule has 154 valence electrons. The van der Waals surface area contributed by atoms with Gasteiger partial charge in [-0.05, 0) is 26.0 Å². The van der Waals surface area contributed by atoms with Crippen molar-refractivity contribution in [2.45, 2.75) is 24.8 Å². The van der Waals surface area contributed by atoms with Crippen molar-refractivity contribution >= 4 is 21.6 Å². The van der Waals surface area contributed by atoms with Crippen LogP contribution in [0.2, 0.25) is 0 Å². The van der Waals surface area contributed by atoms with Crippen LogP contribution >= 0.6 is 0 Å². The number of rotatable bonds is 3. The van der Waals surface area contributed by atoms with Gasteiger partial charge in [0.2, 0.25) is 10.0 Å². The summed E-state index contributed by atoms with van der Waals surface area (Å²) in [6, 6.07) is 8.41. The Morgan fingerprint density at radius 3 is 2.60 bits per heavy atom. The minimum absolute atomic E-state index is 0.202. The quantitative estimate of drug-likeness (QED) is 0.629. The maximum absolute atomic E-state index is 13.1. The minimum Gasteiger partial charge on any atom is -0.333 e. The number of nitrogens with zero attached hydrogens (tertiary/aromatic N) is 6. The third-order valence-corrected chi connectivity index (χ3v) is 7.11. The van der Waals surface area contributed by atoms with E-state index in [1.54, 1.807) is 29.2 Å². The molecule has 0 bridgehead atoms. The average molecular weight is 424 g/mol. The molecule has 1 aromatic carbocycles. The van der Waals surface area contributed by atoms with Gasteiger partial charge < -0.3 is 4.90 Å². The molecular weight excluding hydrogens is 404 g/mol. The highest BCUT2D eigenvalue weighted by atomic mass is 32.2. The van der Waals surface area contributed by atoms with E-state index < -0.39 is 10.0 Å². The molecule has 0 saturated carbocycles. The lowest BCUT2D eigenvalue weighted by Gasteiger charge is -2.39. The number of amides is 1. The summed E-state index contributed by atoms with van der Waals surface area (Å²) in [4.78, 5) is 19.2. The van der Waals surface area contributed by atoms with Crippen molar-refractivity contribution in [1.29, 1.82) is 5.26 Å². The zero-order valence-corrected chi connectivity index (χ0v) is 17.4. The monoisotopic (exact) mass is 424 g/mol. The third kappa shape index (κ3) is 3.42. The van der Waals surface area contributed by atoms with Gasteiger partial charge in [-0.1, -0.05) is 17.7 Å². The Kier molecular flexibility index (Phi) is 5.01. The summed E-state index contributed by atoms with van der Waals surface area (Å²) >= 11 is 0. The van der Waals surface area contributed by atoms with E-state index in [4.69, 9.17) is 5.26 Å². The molecule has 1 saturated heterocycles. The molecule has 0 aliphatic carbocycles. The highest BCUT2D eigenvalue weighted by Gasteiger charge is 2.35. The largest absolute Gasteiger partial charge is 0.333 e. The number of carbonyl (C=O) groups excluding carboxylic acids is 1. The third-order valence-electron chi connectivity index (χ3n) is 5.23. The molecule has 2 aromatic heterocycles. The molecule has 1 fully saturated rings. The van der Waals surface area contributed by atoms with Gasteiger partial charge in [-0.3, -0.25) is 4.79 Å². The van der Waals surface area contributed by atoms with E-state index in [1.807, 2.05) is 19.9 Å². The molecule has 0 N–H and O–H groups in total. The van der Waals surface area contributed by atoms with E-state index in [0.29, 0.717) is 16.8 Å². The molecular formula is C20H20N6O3S. The highest BCUT2D eigenvalue weighted by molar-refractivity contribution is 7.89. The van der Waals surface area contributed by atoms with Crippen molar-refractivity contribution < 1.29 is 13.2 Å². The number of benzene rings is 1. The van der Waals surface area contributed by atoms with Crippen LogP contribution in [0.4, 0.5) is 0 Å². The zero-order chi connectivity index (χ0) is 21.5. The fraction of sp³-hybridized carbons (Fsp3) is 0.300. The molecule has 0 radical (unpaired) electrons. The maximum atomic E-state index is 13.1. The lowest BCUT2D eigenvalue weighted by atomic mass is 10.2. The van der Waals surface area contributed by atoms with Crippen LogP contribution in [-0.2, 0) is 10.0 Å². The molecule has 3 heterocycles. The Labute approximate surface area is 174 Å². The molecule has 1 amide bonds. The fourth-order valence-electron chi connectivity index (χ4n) is 3.54. The number of sulfonamides is 1. The van der Waals surface area contributed by atoms with Crippen LogP contribution in [0.25, 0.3) is 5.65 Å². The lowest BCUT2D eigenvalue weighted by Crippen LogP contribution is -2.55. The van der Waals surface area contributed by atoms with Gasteiger partial charge in [-0.25, -0.2) is 17.9 Å². The number of nitriles is 1. The second kappa shape index (κ2) is 7.51.